The number of anilines is 1. The first-order valence-corrected chi connectivity index (χ1v) is 11.5. The fraction of sp³-hybridized carbons (Fsp3) is 0.200. The Hall–Kier alpha value is -3.62. The summed E-state index contributed by atoms with van der Waals surface area (Å²) in [5, 5.41) is 14.2. The lowest BCUT2D eigenvalue weighted by atomic mass is 9.98. The highest BCUT2D eigenvalue weighted by molar-refractivity contribution is 6.34. The van der Waals surface area contributed by atoms with Gasteiger partial charge >= 0.3 is 12.1 Å². The molecule has 0 fully saturated rings. The molecular formula is C25H21Cl2N3O5. The van der Waals surface area contributed by atoms with E-state index in [9.17, 15) is 19.5 Å². The highest BCUT2D eigenvalue weighted by atomic mass is 35.5. The number of carboxylic acids is 1. The molecule has 2 aromatic carbocycles. The van der Waals surface area contributed by atoms with Gasteiger partial charge in [-0.25, -0.2) is 9.78 Å². The predicted octanol–water partition coefficient (Wildman–Crippen LogP) is 5.02. The Morgan fingerprint density at radius 1 is 1.06 bits per heavy atom. The van der Waals surface area contributed by atoms with Crippen LogP contribution in [0.1, 0.15) is 29.0 Å². The number of rotatable bonds is 7. The fourth-order valence-electron chi connectivity index (χ4n) is 4.12. The molecule has 180 valence electrons. The van der Waals surface area contributed by atoms with Gasteiger partial charge in [0.1, 0.15) is 17.8 Å². The molecule has 4 rings (SSSR count). The largest absolute Gasteiger partial charge is 0.481 e. The topological polar surface area (TPSA) is 118 Å². The van der Waals surface area contributed by atoms with Crippen LogP contribution >= 0.6 is 23.2 Å². The van der Waals surface area contributed by atoms with E-state index in [2.05, 4.69) is 15.6 Å². The third-order valence-electron chi connectivity index (χ3n) is 5.72. The van der Waals surface area contributed by atoms with Crippen LogP contribution < -0.4 is 10.6 Å². The van der Waals surface area contributed by atoms with E-state index in [-0.39, 0.29) is 28.5 Å². The summed E-state index contributed by atoms with van der Waals surface area (Å²) in [5.41, 5.74) is 4.90. The molecule has 0 radical (unpaired) electrons. The molecule has 0 saturated heterocycles. The number of carbonyl (C=O) groups excluding carboxylic acids is 2. The maximum atomic E-state index is 12.8. The number of hydrogen-bond donors (Lipinski definition) is 3. The number of pyridine rings is 1. The Labute approximate surface area is 211 Å². The van der Waals surface area contributed by atoms with Gasteiger partial charge in [-0.05, 0) is 40.8 Å². The number of benzene rings is 2. The number of ether oxygens (including phenoxy) is 1. The van der Waals surface area contributed by atoms with Gasteiger partial charge in [0.15, 0.2) is 5.15 Å². The van der Waals surface area contributed by atoms with Crippen molar-refractivity contribution >= 4 is 46.9 Å². The SMILES string of the molecule is Cc1cc(Cl)nc(Cl)c1NC(=O)C(CC(=O)O)NC(=O)OCC1c2ccccc2-c2ccccc21. The Kier molecular flexibility index (Phi) is 7.23. The Bertz CT molecular complexity index is 1250. The van der Waals surface area contributed by atoms with Crippen LogP contribution in [-0.2, 0) is 14.3 Å². The van der Waals surface area contributed by atoms with Crippen LogP contribution in [0, 0.1) is 6.92 Å². The van der Waals surface area contributed by atoms with E-state index < -0.39 is 30.4 Å². The van der Waals surface area contributed by atoms with Crippen molar-refractivity contribution < 1.29 is 24.2 Å². The first-order valence-electron chi connectivity index (χ1n) is 10.7. The number of amides is 2. The summed E-state index contributed by atoms with van der Waals surface area (Å²) in [6.45, 7) is 1.67. The summed E-state index contributed by atoms with van der Waals surface area (Å²) in [6, 6.07) is 15.8. The van der Waals surface area contributed by atoms with Crippen LogP contribution in [-0.4, -0.2) is 40.7 Å². The minimum absolute atomic E-state index is 0.0211. The van der Waals surface area contributed by atoms with Crippen molar-refractivity contribution in [3.8, 4) is 11.1 Å². The molecule has 2 amide bonds. The lowest BCUT2D eigenvalue weighted by Gasteiger charge is -2.19. The van der Waals surface area contributed by atoms with Crippen LogP contribution in [0.4, 0.5) is 10.5 Å². The van der Waals surface area contributed by atoms with Crippen molar-refractivity contribution in [2.45, 2.75) is 25.3 Å². The zero-order valence-corrected chi connectivity index (χ0v) is 20.1. The fourth-order valence-corrected chi connectivity index (χ4v) is 4.70. The quantitative estimate of drug-likeness (QED) is 0.382. The van der Waals surface area contributed by atoms with E-state index >= 15 is 0 Å². The zero-order chi connectivity index (χ0) is 25.1. The van der Waals surface area contributed by atoms with Gasteiger partial charge in [-0.2, -0.15) is 0 Å². The van der Waals surface area contributed by atoms with Crippen LogP contribution in [0.15, 0.2) is 54.6 Å². The van der Waals surface area contributed by atoms with Gasteiger partial charge in [-0.1, -0.05) is 71.7 Å². The van der Waals surface area contributed by atoms with E-state index in [1.54, 1.807) is 6.92 Å². The van der Waals surface area contributed by atoms with Gasteiger partial charge in [0.2, 0.25) is 5.91 Å². The molecule has 1 atom stereocenters. The molecule has 8 nitrogen and oxygen atoms in total. The minimum atomic E-state index is -1.41. The van der Waals surface area contributed by atoms with Gasteiger partial charge in [-0.3, -0.25) is 9.59 Å². The first kappa shape index (κ1) is 24.5. The van der Waals surface area contributed by atoms with Gasteiger partial charge < -0.3 is 20.5 Å². The van der Waals surface area contributed by atoms with Crippen LogP contribution in [0.3, 0.4) is 0 Å². The number of alkyl carbamates (subject to hydrolysis) is 1. The Morgan fingerprint density at radius 2 is 1.66 bits per heavy atom. The summed E-state index contributed by atoms with van der Waals surface area (Å²) in [7, 11) is 0. The number of nitrogens with zero attached hydrogens (tertiary/aromatic N) is 1. The van der Waals surface area contributed by atoms with Crippen molar-refractivity contribution in [3.05, 3.63) is 81.6 Å². The van der Waals surface area contributed by atoms with Crippen molar-refractivity contribution in [2.75, 3.05) is 11.9 Å². The molecule has 3 aromatic rings. The highest BCUT2D eigenvalue weighted by Crippen LogP contribution is 2.44. The summed E-state index contributed by atoms with van der Waals surface area (Å²) in [6.07, 6.45) is -1.57. The highest BCUT2D eigenvalue weighted by Gasteiger charge is 2.30. The molecule has 0 spiro atoms. The third-order valence-corrected chi connectivity index (χ3v) is 6.19. The molecule has 35 heavy (non-hydrogen) atoms. The number of fused-ring (bicyclic) bond motifs is 3. The average molecular weight is 514 g/mol. The maximum absolute atomic E-state index is 12.8. The van der Waals surface area contributed by atoms with Crippen molar-refractivity contribution in [2.24, 2.45) is 0 Å². The first-order chi connectivity index (χ1) is 16.7. The van der Waals surface area contributed by atoms with Gasteiger partial charge in [0.25, 0.3) is 0 Å². The second kappa shape index (κ2) is 10.3. The van der Waals surface area contributed by atoms with Crippen molar-refractivity contribution in [1.29, 1.82) is 0 Å². The molecule has 1 heterocycles. The smallest absolute Gasteiger partial charge is 0.407 e. The van der Waals surface area contributed by atoms with E-state index in [1.807, 2.05) is 48.5 Å². The van der Waals surface area contributed by atoms with Crippen LogP contribution in [0.5, 0.6) is 0 Å². The number of aliphatic carboxylic acids is 1. The lowest BCUT2D eigenvalue weighted by Crippen LogP contribution is -2.45. The number of halogens is 2. The second-order valence-electron chi connectivity index (χ2n) is 8.04. The number of carbonyl (C=O) groups is 3. The summed E-state index contributed by atoms with van der Waals surface area (Å²) in [4.78, 5) is 40.6. The minimum Gasteiger partial charge on any atom is -0.481 e. The average Bonchev–Trinajstić information content (AvgIpc) is 3.13. The van der Waals surface area contributed by atoms with Gasteiger partial charge in [0, 0.05) is 5.92 Å². The molecular weight excluding hydrogens is 493 g/mol. The standard InChI is InChI=1S/C25H21Cl2N3O5/c1-13-10-20(26)29-23(27)22(13)30-24(33)19(11-21(31)32)28-25(34)35-12-18-16-8-4-2-6-14(16)15-7-3-5-9-17(15)18/h2-10,18-19H,11-12H2,1H3,(H,28,34)(H,30,33)(H,31,32). The predicted molar refractivity (Wildman–Crippen MR) is 132 cm³/mol. The summed E-state index contributed by atoms with van der Waals surface area (Å²) < 4.78 is 5.44. The molecule has 0 bridgehead atoms. The second-order valence-corrected chi connectivity index (χ2v) is 8.78. The summed E-state index contributed by atoms with van der Waals surface area (Å²) >= 11 is 11.9. The van der Waals surface area contributed by atoms with Crippen molar-refractivity contribution in [1.82, 2.24) is 10.3 Å². The monoisotopic (exact) mass is 513 g/mol. The van der Waals surface area contributed by atoms with Gasteiger partial charge in [-0.15, -0.1) is 0 Å². The van der Waals surface area contributed by atoms with Crippen molar-refractivity contribution in [3.63, 3.8) is 0 Å². The number of carboxylic acid groups (broad SMARTS) is 1. The number of nitrogens with one attached hydrogen (secondary N) is 2. The number of aryl methyl sites for hydroxylation is 1. The lowest BCUT2D eigenvalue weighted by molar-refractivity contribution is -0.139. The number of aromatic nitrogens is 1. The summed E-state index contributed by atoms with van der Waals surface area (Å²) in [5.74, 6) is -2.24. The van der Waals surface area contributed by atoms with E-state index in [0.29, 0.717) is 5.56 Å². The molecule has 3 N–H and O–H groups in total. The normalized spacial score (nSPS) is 12.9. The number of hydrogen-bond acceptors (Lipinski definition) is 5. The van der Waals surface area contributed by atoms with Crippen LogP contribution in [0.2, 0.25) is 10.3 Å². The Morgan fingerprint density at radius 3 is 2.23 bits per heavy atom. The molecule has 1 aliphatic rings. The molecule has 10 heteroatoms. The van der Waals surface area contributed by atoms with Gasteiger partial charge in [0.05, 0.1) is 12.1 Å². The maximum Gasteiger partial charge on any atom is 0.407 e. The molecule has 0 aliphatic heterocycles. The van der Waals surface area contributed by atoms with E-state index in [4.69, 9.17) is 27.9 Å². The molecule has 1 aromatic heterocycles. The van der Waals surface area contributed by atoms with E-state index in [1.165, 1.54) is 6.07 Å². The zero-order valence-electron chi connectivity index (χ0n) is 18.5. The Balaban J connectivity index is 1.45. The molecule has 0 saturated carbocycles. The third kappa shape index (κ3) is 5.39. The van der Waals surface area contributed by atoms with E-state index in [0.717, 1.165) is 22.3 Å². The molecule has 1 aliphatic carbocycles. The van der Waals surface area contributed by atoms with Crippen LogP contribution in [0.25, 0.3) is 11.1 Å². The molecule has 1 unspecified atom stereocenters.